The molecule has 166 valence electrons. The summed E-state index contributed by atoms with van der Waals surface area (Å²) in [7, 11) is 0. The Bertz CT molecular complexity index is 888. The van der Waals surface area contributed by atoms with E-state index in [1.807, 2.05) is 24.3 Å². The molecule has 4 rings (SSSR count). The molecule has 0 bridgehead atoms. The van der Waals surface area contributed by atoms with Crippen LogP contribution in [0, 0.1) is 0 Å². The first-order chi connectivity index (χ1) is 14.9. The Hall–Kier alpha value is -2.08. The third-order valence-electron chi connectivity index (χ3n) is 6.92. The molecule has 2 aromatic carbocycles. The average molecular weight is 443 g/mol. The van der Waals surface area contributed by atoms with Crippen LogP contribution in [0.4, 0.5) is 4.79 Å². The lowest BCUT2D eigenvalue weighted by Gasteiger charge is -2.43. The smallest absolute Gasteiger partial charge is 0.407 e. The second-order valence-electron chi connectivity index (χ2n) is 8.92. The molecular formula is C25H31ClN2O3. The molecule has 1 atom stereocenters. The Labute approximate surface area is 189 Å². The molecule has 31 heavy (non-hydrogen) atoms. The number of benzene rings is 2. The Balaban J connectivity index is 1.59. The maximum atomic E-state index is 11.7. The van der Waals surface area contributed by atoms with Gasteiger partial charge in [-0.05, 0) is 41.7 Å². The Morgan fingerprint density at radius 3 is 2.29 bits per heavy atom. The Morgan fingerprint density at radius 1 is 0.968 bits per heavy atom. The number of amides is 1. The first-order valence-corrected chi connectivity index (χ1v) is 11.6. The largest absolute Gasteiger partial charge is 0.465 e. The lowest BCUT2D eigenvalue weighted by Crippen LogP contribution is -2.51. The van der Waals surface area contributed by atoms with Gasteiger partial charge in [0, 0.05) is 43.7 Å². The van der Waals surface area contributed by atoms with Crippen molar-refractivity contribution in [3.05, 3.63) is 59.1 Å². The zero-order valence-corrected chi connectivity index (χ0v) is 18.6. The van der Waals surface area contributed by atoms with Crippen LogP contribution in [0.2, 0.25) is 5.02 Å². The lowest BCUT2D eigenvalue weighted by atomic mass is 9.72. The number of hydrogen-bond donors (Lipinski definition) is 2. The Kier molecular flexibility index (Phi) is 6.85. The van der Waals surface area contributed by atoms with Crippen molar-refractivity contribution in [2.45, 2.75) is 43.6 Å². The summed E-state index contributed by atoms with van der Waals surface area (Å²) in [4.78, 5) is 15.0. The van der Waals surface area contributed by atoms with E-state index in [1.54, 1.807) is 0 Å². The molecule has 0 aromatic heterocycles. The van der Waals surface area contributed by atoms with Crippen molar-refractivity contribution in [3.63, 3.8) is 0 Å². The second-order valence-corrected chi connectivity index (χ2v) is 9.36. The minimum absolute atomic E-state index is 0.00331. The van der Waals surface area contributed by atoms with Gasteiger partial charge in [0.2, 0.25) is 0 Å². The molecule has 1 saturated heterocycles. The van der Waals surface area contributed by atoms with Gasteiger partial charge in [0.1, 0.15) is 0 Å². The van der Waals surface area contributed by atoms with Crippen LogP contribution in [-0.4, -0.2) is 64.4 Å². The van der Waals surface area contributed by atoms with E-state index in [9.17, 15) is 15.0 Å². The van der Waals surface area contributed by atoms with Crippen LogP contribution in [0.15, 0.2) is 48.5 Å². The van der Waals surface area contributed by atoms with Crippen molar-refractivity contribution in [2.24, 2.45) is 0 Å². The van der Waals surface area contributed by atoms with Crippen molar-refractivity contribution < 1.29 is 15.0 Å². The number of carbonyl (C=O) groups is 1. The van der Waals surface area contributed by atoms with E-state index < -0.39 is 11.7 Å². The van der Waals surface area contributed by atoms with E-state index in [4.69, 9.17) is 11.6 Å². The molecule has 2 aromatic rings. The van der Waals surface area contributed by atoms with Gasteiger partial charge in [0.15, 0.2) is 0 Å². The normalized spacial score (nSPS) is 20.4. The molecule has 0 spiro atoms. The quantitative estimate of drug-likeness (QED) is 0.677. The maximum absolute atomic E-state index is 11.7. The molecule has 6 heteroatoms. The van der Waals surface area contributed by atoms with Crippen LogP contribution in [-0.2, 0) is 0 Å². The van der Waals surface area contributed by atoms with E-state index in [0.29, 0.717) is 26.2 Å². The number of rotatable bonds is 5. The van der Waals surface area contributed by atoms with Crippen LogP contribution >= 0.6 is 11.6 Å². The van der Waals surface area contributed by atoms with Gasteiger partial charge in [0.05, 0.1) is 5.60 Å². The molecule has 0 radical (unpaired) electrons. The first kappa shape index (κ1) is 22.1. The SMILES string of the molecule is O=C(O)N1CCN(CC(c2cccc(-c3ccc(Cl)cc3)c2)C2(O)CCCCC2)CC1. The van der Waals surface area contributed by atoms with Gasteiger partial charge in [-0.3, -0.25) is 4.90 Å². The highest BCUT2D eigenvalue weighted by Crippen LogP contribution is 2.41. The molecule has 2 aliphatic rings. The summed E-state index contributed by atoms with van der Waals surface area (Å²) in [6.07, 6.45) is 4.07. The van der Waals surface area contributed by atoms with E-state index in [-0.39, 0.29) is 5.92 Å². The van der Waals surface area contributed by atoms with Crippen LogP contribution in [0.25, 0.3) is 11.1 Å². The van der Waals surface area contributed by atoms with E-state index in [2.05, 4.69) is 29.2 Å². The van der Waals surface area contributed by atoms with Crippen LogP contribution in [0.5, 0.6) is 0 Å². The van der Waals surface area contributed by atoms with Crippen LogP contribution in [0.1, 0.15) is 43.6 Å². The number of hydrogen-bond acceptors (Lipinski definition) is 3. The van der Waals surface area contributed by atoms with Gasteiger partial charge >= 0.3 is 6.09 Å². The van der Waals surface area contributed by atoms with Crippen molar-refractivity contribution in [1.82, 2.24) is 9.80 Å². The fourth-order valence-corrected chi connectivity index (χ4v) is 5.18. The third kappa shape index (κ3) is 5.22. The predicted molar refractivity (Wildman–Crippen MR) is 124 cm³/mol. The molecule has 1 aliphatic carbocycles. The highest BCUT2D eigenvalue weighted by Gasteiger charge is 2.40. The summed E-state index contributed by atoms with van der Waals surface area (Å²) in [6.45, 7) is 3.19. The standard InChI is InChI=1S/C25H31ClN2O3/c26-22-9-7-19(8-10-22)20-5-4-6-21(17-20)23(25(31)11-2-1-3-12-25)18-27-13-15-28(16-14-27)24(29)30/h4-10,17,23,31H,1-3,11-16,18H2,(H,29,30). The summed E-state index contributed by atoms with van der Waals surface area (Å²) >= 11 is 6.06. The molecule has 5 nitrogen and oxygen atoms in total. The van der Waals surface area contributed by atoms with E-state index in [0.717, 1.165) is 53.9 Å². The summed E-state index contributed by atoms with van der Waals surface area (Å²) in [6, 6.07) is 16.3. The lowest BCUT2D eigenvalue weighted by molar-refractivity contribution is -0.0338. The first-order valence-electron chi connectivity index (χ1n) is 11.2. The fraction of sp³-hybridized carbons (Fsp3) is 0.480. The van der Waals surface area contributed by atoms with Gasteiger partial charge in [-0.25, -0.2) is 4.79 Å². The maximum Gasteiger partial charge on any atom is 0.407 e. The van der Waals surface area contributed by atoms with Crippen molar-refractivity contribution in [1.29, 1.82) is 0 Å². The van der Waals surface area contributed by atoms with Crippen molar-refractivity contribution in [3.8, 4) is 11.1 Å². The minimum Gasteiger partial charge on any atom is -0.465 e. The van der Waals surface area contributed by atoms with E-state index in [1.165, 1.54) is 11.3 Å². The second kappa shape index (κ2) is 9.60. The van der Waals surface area contributed by atoms with E-state index >= 15 is 0 Å². The van der Waals surface area contributed by atoms with Crippen LogP contribution in [0.3, 0.4) is 0 Å². The van der Waals surface area contributed by atoms with Crippen molar-refractivity contribution in [2.75, 3.05) is 32.7 Å². The topological polar surface area (TPSA) is 64.0 Å². The van der Waals surface area contributed by atoms with Gasteiger partial charge in [-0.15, -0.1) is 0 Å². The molecule has 2 N–H and O–H groups in total. The summed E-state index contributed by atoms with van der Waals surface area (Å²) < 4.78 is 0. The number of piperazine rings is 1. The zero-order chi connectivity index (χ0) is 21.8. The van der Waals surface area contributed by atoms with Gasteiger partial charge in [-0.1, -0.05) is 67.3 Å². The third-order valence-corrected chi connectivity index (χ3v) is 7.17. The van der Waals surface area contributed by atoms with Gasteiger partial charge in [0.25, 0.3) is 0 Å². The number of halogens is 1. The molecular weight excluding hydrogens is 412 g/mol. The number of aliphatic hydroxyl groups is 1. The highest BCUT2D eigenvalue weighted by atomic mass is 35.5. The number of carboxylic acid groups (broad SMARTS) is 1. The van der Waals surface area contributed by atoms with Crippen LogP contribution < -0.4 is 0 Å². The fourth-order valence-electron chi connectivity index (χ4n) is 5.06. The molecule has 2 fully saturated rings. The highest BCUT2D eigenvalue weighted by molar-refractivity contribution is 6.30. The molecule has 1 aliphatic heterocycles. The van der Waals surface area contributed by atoms with Crippen molar-refractivity contribution >= 4 is 17.7 Å². The monoisotopic (exact) mass is 442 g/mol. The van der Waals surface area contributed by atoms with Gasteiger partial charge < -0.3 is 15.1 Å². The molecule has 1 saturated carbocycles. The minimum atomic E-state index is -0.849. The number of nitrogens with zero attached hydrogens (tertiary/aromatic N) is 2. The molecule has 1 unspecified atom stereocenters. The molecule has 1 amide bonds. The Morgan fingerprint density at radius 2 is 1.65 bits per heavy atom. The summed E-state index contributed by atoms with van der Waals surface area (Å²) in [5, 5.41) is 21.7. The zero-order valence-electron chi connectivity index (χ0n) is 17.8. The summed E-state index contributed by atoms with van der Waals surface area (Å²) in [5.74, 6) is -0.00331. The predicted octanol–water partition coefficient (Wildman–Crippen LogP) is 5.08. The summed E-state index contributed by atoms with van der Waals surface area (Å²) in [5.41, 5.74) is 2.66. The molecule has 1 heterocycles. The average Bonchev–Trinajstić information content (AvgIpc) is 2.79. The van der Waals surface area contributed by atoms with Gasteiger partial charge in [-0.2, -0.15) is 0 Å².